The van der Waals surface area contributed by atoms with E-state index < -0.39 is 4.83 Å². The van der Waals surface area contributed by atoms with Crippen molar-refractivity contribution in [3.63, 3.8) is 0 Å². The molecule has 0 aliphatic rings. The van der Waals surface area contributed by atoms with Crippen molar-refractivity contribution in [1.82, 2.24) is 0 Å². The summed E-state index contributed by atoms with van der Waals surface area (Å²) >= 11 is 3.13. The van der Waals surface area contributed by atoms with Crippen molar-refractivity contribution < 1.29 is 9.59 Å². The number of hydrogen-bond donors (Lipinski definition) is 0. The second kappa shape index (κ2) is 4.91. The van der Waals surface area contributed by atoms with Gasteiger partial charge in [0.05, 0.1) is 0 Å². The molecule has 0 amide bonds. The van der Waals surface area contributed by atoms with Crippen molar-refractivity contribution in [2.45, 2.75) is 32.5 Å². The van der Waals surface area contributed by atoms with Gasteiger partial charge in [-0.25, -0.2) is 0 Å². The van der Waals surface area contributed by atoms with Crippen LogP contribution in [0.4, 0.5) is 0 Å². The van der Waals surface area contributed by atoms with E-state index in [-0.39, 0.29) is 11.6 Å². The van der Waals surface area contributed by atoms with Gasteiger partial charge in [-0.05, 0) is 38.8 Å². The van der Waals surface area contributed by atoms with E-state index in [9.17, 15) is 9.59 Å². The van der Waals surface area contributed by atoms with Crippen LogP contribution < -0.4 is 0 Å². The van der Waals surface area contributed by atoms with E-state index in [0.29, 0.717) is 5.56 Å². The summed E-state index contributed by atoms with van der Waals surface area (Å²) in [6.45, 7) is 7.20. The quantitative estimate of drug-likeness (QED) is 0.485. The lowest BCUT2D eigenvalue weighted by Crippen LogP contribution is -2.23. The first kappa shape index (κ1) is 13.1. The van der Waals surface area contributed by atoms with Crippen LogP contribution in [0.25, 0.3) is 0 Å². The maximum absolute atomic E-state index is 12.1. The lowest BCUT2D eigenvalue weighted by molar-refractivity contribution is -0.115. The van der Waals surface area contributed by atoms with E-state index in [0.717, 1.165) is 16.7 Å². The minimum absolute atomic E-state index is 0.150. The molecule has 1 unspecified atom stereocenters. The molecule has 16 heavy (non-hydrogen) atoms. The molecule has 1 rings (SSSR count). The molecule has 0 aliphatic carbocycles. The molecule has 2 nitrogen and oxygen atoms in total. The number of carbonyl (C=O) groups excluding carboxylic acids is 2. The summed E-state index contributed by atoms with van der Waals surface area (Å²) in [4.78, 5) is 22.5. The first-order chi connectivity index (χ1) is 7.34. The molecule has 1 aromatic carbocycles. The zero-order valence-corrected chi connectivity index (χ0v) is 11.5. The van der Waals surface area contributed by atoms with Crippen molar-refractivity contribution in [2.24, 2.45) is 0 Å². The molecule has 0 saturated carbocycles. The molecular formula is C13H15BrO2. The van der Waals surface area contributed by atoms with E-state index in [4.69, 9.17) is 0 Å². The maximum Gasteiger partial charge on any atom is 0.184 e. The molecular weight excluding hydrogens is 268 g/mol. The van der Waals surface area contributed by atoms with Gasteiger partial charge in [-0.15, -0.1) is 0 Å². The van der Waals surface area contributed by atoms with Crippen LogP contribution >= 0.6 is 15.9 Å². The van der Waals surface area contributed by atoms with Crippen LogP contribution in [-0.2, 0) is 4.79 Å². The third-order valence-electron chi connectivity index (χ3n) is 2.51. The summed E-state index contributed by atoms with van der Waals surface area (Å²) in [5, 5.41) is 0. The monoisotopic (exact) mass is 282 g/mol. The van der Waals surface area contributed by atoms with Gasteiger partial charge in [0.2, 0.25) is 0 Å². The van der Waals surface area contributed by atoms with Gasteiger partial charge in [0.1, 0.15) is 4.83 Å². The minimum Gasteiger partial charge on any atom is -0.298 e. The van der Waals surface area contributed by atoms with Gasteiger partial charge in [-0.2, -0.15) is 0 Å². The number of halogens is 1. The largest absolute Gasteiger partial charge is 0.298 e. The smallest absolute Gasteiger partial charge is 0.184 e. The highest BCUT2D eigenvalue weighted by Crippen LogP contribution is 2.20. The van der Waals surface area contributed by atoms with Gasteiger partial charge in [-0.3, -0.25) is 9.59 Å². The van der Waals surface area contributed by atoms with E-state index in [1.165, 1.54) is 6.92 Å². The van der Waals surface area contributed by atoms with Gasteiger partial charge in [-0.1, -0.05) is 33.6 Å². The fraction of sp³-hybridized carbons (Fsp3) is 0.385. The third kappa shape index (κ3) is 2.59. The normalized spacial score (nSPS) is 12.3. The highest BCUT2D eigenvalue weighted by molar-refractivity contribution is 9.10. The molecule has 0 heterocycles. The van der Waals surface area contributed by atoms with Gasteiger partial charge in [0, 0.05) is 5.56 Å². The lowest BCUT2D eigenvalue weighted by Gasteiger charge is -2.12. The average Bonchev–Trinajstić information content (AvgIpc) is 2.14. The van der Waals surface area contributed by atoms with Crippen LogP contribution in [0.3, 0.4) is 0 Å². The molecule has 0 N–H and O–H groups in total. The Kier molecular flexibility index (Phi) is 4.03. The fourth-order valence-electron chi connectivity index (χ4n) is 1.88. The Labute approximate surface area is 104 Å². The molecule has 0 radical (unpaired) electrons. The Morgan fingerprint density at radius 2 is 1.56 bits per heavy atom. The van der Waals surface area contributed by atoms with Crippen LogP contribution in [-0.4, -0.2) is 16.4 Å². The number of Topliss-reactive ketones (excluding diaryl/α,β-unsaturated/α-hetero) is 2. The summed E-state index contributed by atoms with van der Waals surface area (Å²) in [6, 6.07) is 3.92. The first-order valence-corrected chi connectivity index (χ1v) is 6.02. The van der Waals surface area contributed by atoms with Crippen LogP contribution in [0.5, 0.6) is 0 Å². The summed E-state index contributed by atoms with van der Waals surface area (Å²) in [5.41, 5.74) is 3.63. The predicted octanol–water partition coefficient (Wildman–Crippen LogP) is 3.15. The Hall–Kier alpha value is -0.960. The fourth-order valence-corrected chi connectivity index (χ4v) is 2.11. The molecule has 86 valence electrons. The first-order valence-electron chi connectivity index (χ1n) is 5.11. The molecule has 1 aromatic rings. The third-order valence-corrected chi connectivity index (χ3v) is 3.57. The van der Waals surface area contributed by atoms with E-state index in [1.807, 2.05) is 32.9 Å². The van der Waals surface area contributed by atoms with Crippen molar-refractivity contribution in [3.8, 4) is 0 Å². The van der Waals surface area contributed by atoms with Crippen LogP contribution in [0.2, 0.25) is 0 Å². The van der Waals surface area contributed by atoms with E-state index >= 15 is 0 Å². The lowest BCUT2D eigenvalue weighted by atomic mass is 9.94. The summed E-state index contributed by atoms with van der Waals surface area (Å²) in [5.74, 6) is -0.313. The number of aryl methyl sites for hydroxylation is 3. The van der Waals surface area contributed by atoms with Crippen molar-refractivity contribution in [2.75, 3.05) is 0 Å². The van der Waals surface area contributed by atoms with Gasteiger partial charge in [0.25, 0.3) is 0 Å². The Balaban J connectivity index is 3.24. The molecule has 0 aromatic heterocycles. The highest BCUT2D eigenvalue weighted by atomic mass is 79.9. The predicted molar refractivity (Wildman–Crippen MR) is 68.4 cm³/mol. The van der Waals surface area contributed by atoms with Crippen LogP contribution in [0.15, 0.2) is 12.1 Å². The molecule has 0 spiro atoms. The molecule has 1 atom stereocenters. The number of rotatable bonds is 3. The minimum atomic E-state index is -0.729. The molecule has 0 bridgehead atoms. The van der Waals surface area contributed by atoms with Crippen molar-refractivity contribution in [1.29, 1.82) is 0 Å². The van der Waals surface area contributed by atoms with E-state index in [2.05, 4.69) is 15.9 Å². The highest BCUT2D eigenvalue weighted by Gasteiger charge is 2.24. The van der Waals surface area contributed by atoms with Crippen molar-refractivity contribution >= 4 is 27.5 Å². The SMILES string of the molecule is CC(=O)C(Br)C(=O)c1c(C)cc(C)cc1C. The number of carbonyl (C=O) groups is 2. The number of hydrogen-bond acceptors (Lipinski definition) is 2. The number of alkyl halides is 1. The Morgan fingerprint density at radius 1 is 1.12 bits per heavy atom. The summed E-state index contributed by atoms with van der Waals surface area (Å²) in [6.07, 6.45) is 0. The maximum atomic E-state index is 12.1. The van der Waals surface area contributed by atoms with Gasteiger partial charge >= 0.3 is 0 Å². The molecule has 0 fully saturated rings. The number of benzene rings is 1. The van der Waals surface area contributed by atoms with Crippen LogP contribution in [0.1, 0.15) is 34.0 Å². The topological polar surface area (TPSA) is 34.1 Å². The molecule has 3 heteroatoms. The molecule has 0 saturated heterocycles. The second-order valence-corrected chi connectivity index (χ2v) is 5.03. The average molecular weight is 283 g/mol. The van der Waals surface area contributed by atoms with E-state index in [1.54, 1.807) is 0 Å². The number of ketones is 2. The summed E-state index contributed by atoms with van der Waals surface area (Å²) < 4.78 is 0. The Morgan fingerprint density at radius 3 is 1.94 bits per heavy atom. The standard InChI is InChI=1S/C13H15BrO2/c1-7-5-8(2)11(9(3)6-7)13(16)12(14)10(4)15/h5-6,12H,1-4H3. The zero-order chi connectivity index (χ0) is 12.5. The Bertz CT molecular complexity index is 426. The van der Waals surface area contributed by atoms with Gasteiger partial charge in [0.15, 0.2) is 11.6 Å². The van der Waals surface area contributed by atoms with Crippen LogP contribution in [0, 0.1) is 20.8 Å². The van der Waals surface area contributed by atoms with Gasteiger partial charge < -0.3 is 0 Å². The van der Waals surface area contributed by atoms with Crippen molar-refractivity contribution in [3.05, 3.63) is 34.4 Å². The second-order valence-electron chi connectivity index (χ2n) is 4.11. The summed E-state index contributed by atoms with van der Waals surface area (Å²) in [7, 11) is 0. The molecule has 0 aliphatic heterocycles. The zero-order valence-electron chi connectivity index (χ0n) is 9.93.